The number of para-hydroxylation sites is 1. The van der Waals surface area contributed by atoms with E-state index in [0.717, 1.165) is 5.56 Å². The van der Waals surface area contributed by atoms with Gasteiger partial charge < -0.3 is 9.88 Å². The number of H-pyrrole nitrogens is 1. The SMILES string of the molecule is Cc1ccc2nc(CN(C)CC(=O)N(C)c3ccccc3Cl)[nH]c(=O)c2c1. The summed E-state index contributed by atoms with van der Waals surface area (Å²) in [5, 5.41) is 1.09. The molecule has 0 aliphatic heterocycles. The van der Waals surface area contributed by atoms with E-state index in [1.54, 1.807) is 31.1 Å². The van der Waals surface area contributed by atoms with Gasteiger partial charge in [-0.2, -0.15) is 0 Å². The van der Waals surface area contributed by atoms with Gasteiger partial charge in [-0.15, -0.1) is 0 Å². The number of anilines is 1. The van der Waals surface area contributed by atoms with Gasteiger partial charge in [0.15, 0.2) is 0 Å². The Morgan fingerprint density at radius 1 is 1.19 bits per heavy atom. The summed E-state index contributed by atoms with van der Waals surface area (Å²) in [6, 6.07) is 12.8. The van der Waals surface area contributed by atoms with Crippen LogP contribution in [0.5, 0.6) is 0 Å². The average Bonchev–Trinajstić information content (AvgIpc) is 2.62. The number of hydrogen-bond donors (Lipinski definition) is 1. The van der Waals surface area contributed by atoms with Gasteiger partial charge in [-0.1, -0.05) is 35.4 Å². The summed E-state index contributed by atoms with van der Waals surface area (Å²) in [5.74, 6) is 0.413. The van der Waals surface area contributed by atoms with Gasteiger partial charge in [-0.25, -0.2) is 4.98 Å². The Kier molecular flexibility index (Phi) is 5.58. The highest BCUT2D eigenvalue weighted by Gasteiger charge is 2.16. The number of nitrogens with zero attached hydrogens (tertiary/aromatic N) is 3. The molecule has 3 aromatic rings. The predicted molar refractivity (Wildman–Crippen MR) is 108 cm³/mol. The first kappa shape index (κ1) is 19.1. The van der Waals surface area contributed by atoms with E-state index < -0.39 is 0 Å². The van der Waals surface area contributed by atoms with Crippen molar-refractivity contribution < 1.29 is 4.79 Å². The molecular weight excluding hydrogens is 364 g/mol. The van der Waals surface area contributed by atoms with Gasteiger partial charge in [0.05, 0.1) is 34.7 Å². The third-order valence-corrected chi connectivity index (χ3v) is 4.64. The van der Waals surface area contributed by atoms with Crippen LogP contribution in [0.1, 0.15) is 11.4 Å². The number of benzene rings is 2. The van der Waals surface area contributed by atoms with E-state index in [1.165, 1.54) is 4.90 Å². The van der Waals surface area contributed by atoms with Gasteiger partial charge in [0.1, 0.15) is 5.82 Å². The summed E-state index contributed by atoms with van der Waals surface area (Å²) < 4.78 is 0. The minimum Gasteiger partial charge on any atom is -0.313 e. The highest BCUT2D eigenvalue weighted by molar-refractivity contribution is 6.33. The lowest BCUT2D eigenvalue weighted by atomic mass is 10.2. The molecule has 0 spiro atoms. The largest absolute Gasteiger partial charge is 0.313 e. The molecule has 0 atom stereocenters. The van der Waals surface area contributed by atoms with Crippen LogP contribution in [0.25, 0.3) is 10.9 Å². The van der Waals surface area contributed by atoms with Crippen LogP contribution in [0.2, 0.25) is 5.02 Å². The van der Waals surface area contributed by atoms with Crippen molar-refractivity contribution in [1.29, 1.82) is 0 Å². The van der Waals surface area contributed by atoms with E-state index in [-0.39, 0.29) is 18.0 Å². The van der Waals surface area contributed by atoms with Crippen LogP contribution in [0.15, 0.2) is 47.3 Å². The standard InChI is InChI=1S/C20H21ClN4O2/c1-13-8-9-16-14(10-13)20(27)23-18(22-16)11-24(2)12-19(26)25(3)17-7-5-4-6-15(17)21/h4-10H,11-12H2,1-3H3,(H,22,23,27). The fourth-order valence-electron chi connectivity index (χ4n) is 2.88. The Morgan fingerprint density at radius 3 is 2.67 bits per heavy atom. The lowest BCUT2D eigenvalue weighted by molar-refractivity contribution is -0.119. The Morgan fingerprint density at radius 2 is 1.93 bits per heavy atom. The smallest absolute Gasteiger partial charge is 0.258 e. The van der Waals surface area contributed by atoms with Crippen molar-refractivity contribution in [2.75, 3.05) is 25.5 Å². The molecule has 0 radical (unpaired) electrons. The molecule has 0 bridgehead atoms. The molecule has 1 aromatic heterocycles. The van der Waals surface area contributed by atoms with Crippen molar-refractivity contribution in [2.24, 2.45) is 0 Å². The molecule has 0 saturated heterocycles. The fraction of sp³-hybridized carbons (Fsp3) is 0.250. The first-order valence-corrected chi connectivity index (χ1v) is 8.92. The zero-order chi connectivity index (χ0) is 19.6. The second-order valence-electron chi connectivity index (χ2n) is 6.61. The highest BCUT2D eigenvalue weighted by Crippen LogP contribution is 2.24. The number of fused-ring (bicyclic) bond motifs is 1. The van der Waals surface area contributed by atoms with Crippen molar-refractivity contribution in [1.82, 2.24) is 14.9 Å². The van der Waals surface area contributed by atoms with Gasteiger partial charge >= 0.3 is 0 Å². The van der Waals surface area contributed by atoms with Crippen molar-refractivity contribution in [3.8, 4) is 0 Å². The molecule has 27 heavy (non-hydrogen) atoms. The van der Waals surface area contributed by atoms with Gasteiger partial charge in [0, 0.05) is 7.05 Å². The number of aromatic amines is 1. The number of aryl methyl sites for hydroxylation is 1. The number of hydrogen-bond acceptors (Lipinski definition) is 4. The van der Waals surface area contributed by atoms with Gasteiger partial charge in [-0.3, -0.25) is 14.5 Å². The normalized spacial score (nSPS) is 11.1. The first-order valence-electron chi connectivity index (χ1n) is 8.54. The van der Waals surface area contributed by atoms with Crippen LogP contribution < -0.4 is 10.5 Å². The molecule has 0 saturated carbocycles. The molecule has 2 aromatic carbocycles. The first-order chi connectivity index (χ1) is 12.8. The third-order valence-electron chi connectivity index (χ3n) is 4.32. The topological polar surface area (TPSA) is 69.3 Å². The summed E-state index contributed by atoms with van der Waals surface area (Å²) in [6.07, 6.45) is 0. The number of likely N-dealkylation sites (N-methyl/N-ethyl adjacent to an activating group) is 2. The van der Waals surface area contributed by atoms with Crippen LogP contribution in [0.3, 0.4) is 0 Å². The van der Waals surface area contributed by atoms with Gasteiger partial charge in [-0.05, 0) is 38.2 Å². The molecule has 0 aliphatic carbocycles. The van der Waals surface area contributed by atoms with Crippen LogP contribution in [-0.4, -0.2) is 41.4 Å². The van der Waals surface area contributed by atoms with E-state index in [4.69, 9.17) is 11.6 Å². The van der Waals surface area contributed by atoms with Crippen LogP contribution >= 0.6 is 11.6 Å². The summed E-state index contributed by atoms with van der Waals surface area (Å²) in [4.78, 5) is 35.4. The number of carbonyl (C=O) groups is 1. The van der Waals surface area contributed by atoms with Gasteiger partial charge in [0.2, 0.25) is 5.91 Å². The second kappa shape index (κ2) is 7.90. The Bertz CT molecular complexity index is 1050. The number of aromatic nitrogens is 2. The second-order valence-corrected chi connectivity index (χ2v) is 7.02. The highest BCUT2D eigenvalue weighted by atomic mass is 35.5. The lowest BCUT2D eigenvalue weighted by Crippen LogP contribution is -2.37. The van der Waals surface area contributed by atoms with Crippen LogP contribution in [0.4, 0.5) is 5.69 Å². The van der Waals surface area contributed by atoms with E-state index >= 15 is 0 Å². The molecule has 140 valence electrons. The van der Waals surface area contributed by atoms with E-state index in [1.807, 2.05) is 37.3 Å². The quantitative estimate of drug-likeness (QED) is 0.734. The molecule has 0 unspecified atom stereocenters. The van der Waals surface area contributed by atoms with Crippen molar-refractivity contribution in [2.45, 2.75) is 13.5 Å². The summed E-state index contributed by atoms with van der Waals surface area (Å²) in [7, 11) is 3.49. The zero-order valence-electron chi connectivity index (χ0n) is 15.5. The molecule has 1 heterocycles. The average molecular weight is 385 g/mol. The Labute approximate surface area is 162 Å². The number of rotatable bonds is 5. The fourth-order valence-corrected chi connectivity index (χ4v) is 3.14. The monoisotopic (exact) mass is 384 g/mol. The summed E-state index contributed by atoms with van der Waals surface area (Å²) in [5.41, 5.74) is 2.14. The van der Waals surface area contributed by atoms with Crippen molar-refractivity contribution in [3.05, 3.63) is 69.2 Å². The maximum Gasteiger partial charge on any atom is 0.258 e. The minimum atomic E-state index is -0.174. The minimum absolute atomic E-state index is 0.107. The maximum absolute atomic E-state index is 12.5. The molecule has 7 heteroatoms. The van der Waals surface area contributed by atoms with Crippen molar-refractivity contribution in [3.63, 3.8) is 0 Å². The Balaban J connectivity index is 1.72. The molecule has 0 fully saturated rings. The number of nitrogens with one attached hydrogen (secondary N) is 1. The lowest BCUT2D eigenvalue weighted by Gasteiger charge is -2.22. The van der Waals surface area contributed by atoms with Crippen molar-refractivity contribution >= 4 is 34.1 Å². The van der Waals surface area contributed by atoms with E-state index in [0.29, 0.717) is 34.0 Å². The maximum atomic E-state index is 12.5. The Hall–Kier alpha value is -2.70. The third kappa shape index (κ3) is 4.35. The summed E-state index contributed by atoms with van der Waals surface area (Å²) in [6.45, 7) is 2.44. The molecule has 3 rings (SSSR count). The summed E-state index contributed by atoms with van der Waals surface area (Å²) >= 11 is 6.16. The molecule has 1 N–H and O–H groups in total. The molecule has 0 aliphatic rings. The number of halogens is 1. The van der Waals surface area contributed by atoms with Crippen LogP contribution in [-0.2, 0) is 11.3 Å². The van der Waals surface area contributed by atoms with Gasteiger partial charge in [0.25, 0.3) is 5.56 Å². The molecule has 1 amide bonds. The number of carbonyl (C=O) groups excluding carboxylic acids is 1. The predicted octanol–water partition coefficient (Wildman–Crippen LogP) is 2.98. The van der Waals surface area contributed by atoms with Crippen LogP contribution in [0, 0.1) is 6.92 Å². The van der Waals surface area contributed by atoms with E-state index in [2.05, 4.69) is 9.97 Å². The molecule has 6 nitrogen and oxygen atoms in total. The molecular formula is C20H21ClN4O2. The van der Waals surface area contributed by atoms with E-state index in [9.17, 15) is 9.59 Å². The zero-order valence-corrected chi connectivity index (χ0v) is 16.2. The number of amides is 1.